The van der Waals surface area contributed by atoms with Crippen LogP contribution in [0.3, 0.4) is 0 Å². The van der Waals surface area contributed by atoms with E-state index in [1.165, 1.54) is 23.3 Å². The summed E-state index contributed by atoms with van der Waals surface area (Å²) in [5, 5.41) is 4.24. The molecule has 0 bridgehead atoms. The summed E-state index contributed by atoms with van der Waals surface area (Å²) in [6, 6.07) is 1.93. The Morgan fingerprint density at radius 1 is 1.45 bits per heavy atom. The van der Waals surface area contributed by atoms with E-state index < -0.39 is 5.97 Å². The molecule has 0 saturated heterocycles. The minimum atomic E-state index is -0.409. The normalized spacial score (nSPS) is 11.2. The van der Waals surface area contributed by atoms with Crippen molar-refractivity contribution < 1.29 is 9.53 Å². The first kappa shape index (κ1) is 14.6. The molecule has 0 spiro atoms. The van der Waals surface area contributed by atoms with Gasteiger partial charge in [0.1, 0.15) is 6.33 Å². The van der Waals surface area contributed by atoms with Crippen LogP contribution in [0, 0.1) is 3.57 Å². The highest BCUT2D eigenvalue weighted by molar-refractivity contribution is 14.1. The molecule has 0 fully saturated rings. The van der Waals surface area contributed by atoms with Crippen LogP contribution in [-0.4, -0.2) is 31.8 Å². The van der Waals surface area contributed by atoms with E-state index in [2.05, 4.69) is 37.7 Å². The summed E-state index contributed by atoms with van der Waals surface area (Å²) in [5.41, 5.74) is 0.828. The summed E-state index contributed by atoms with van der Waals surface area (Å²) in [5.74, 6) is 0.144. The molecule has 0 N–H and O–H groups in total. The summed E-state index contributed by atoms with van der Waals surface area (Å²) in [4.78, 5) is 19.6. The van der Waals surface area contributed by atoms with Crippen LogP contribution in [0.1, 0.15) is 13.8 Å². The van der Waals surface area contributed by atoms with Gasteiger partial charge in [-0.15, -0.1) is 5.10 Å². The number of esters is 1. The van der Waals surface area contributed by atoms with E-state index in [4.69, 9.17) is 4.74 Å². The highest BCUT2D eigenvalue weighted by Crippen LogP contribution is 2.15. The molecule has 7 heteroatoms. The third-order valence-corrected chi connectivity index (χ3v) is 2.78. The molecule has 2 heterocycles. The van der Waals surface area contributed by atoms with Crippen LogP contribution in [0.4, 0.5) is 0 Å². The number of aromatic nitrogens is 4. The summed E-state index contributed by atoms with van der Waals surface area (Å²) >= 11 is 2.18. The Kier molecular flexibility index (Phi) is 4.83. The standard InChI is InChI=1S/C13H13IN4O2/c1-9(2)20-12(19)3-4-18-8-16-13(17-18)10-5-11(14)7-15-6-10/h3-9H,1-2H3/b4-3-. The van der Waals surface area contributed by atoms with Gasteiger partial charge in [-0.25, -0.2) is 14.5 Å². The number of nitrogens with zero attached hydrogens (tertiary/aromatic N) is 4. The lowest BCUT2D eigenvalue weighted by atomic mass is 10.3. The molecule has 2 rings (SSSR count). The zero-order chi connectivity index (χ0) is 14.5. The number of hydrogen-bond donors (Lipinski definition) is 0. The van der Waals surface area contributed by atoms with Crippen molar-refractivity contribution in [2.75, 3.05) is 0 Å². The highest BCUT2D eigenvalue weighted by atomic mass is 127. The van der Waals surface area contributed by atoms with Gasteiger partial charge < -0.3 is 4.74 Å². The third-order valence-electron chi connectivity index (χ3n) is 2.19. The maximum absolute atomic E-state index is 11.4. The lowest BCUT2D eigenvalue weighted by Gasteiger charge is -2.03. The first-order valence-electron chi connectivity index (χ1n) is 5.95. The molecule has 0 unspecified atom stereocenters. The molecule has 0 saturated carbocycles. The minimum absolute atomic E-state index is 0.143. The highest BCUT2D eigenvalue weighted by Gasteiger charge is 2.05. The van der Waals surface area contributed by atoms with Gasteiger partial charge in [-0.3, -0.25) is 4.98 Å². The van der Waals surface area contributed by atoms with Gasteiger partial charge in [-0.05, 0) is 42.5 Å². The number of hydrogen-bond acceptors (Lipinski definition) is 5. The largest absolute Gasteiger partial charge is 0.460 e. The number of carbonyl (C=O) groups is 1. The van der Waals surface area contributed by atoms with Gasteiger partial charge in [0.05, 0.1) is 6.10 Å². The van der Waals surface area contributed by atoms with E-state index in [0.717, 1.165) is 9.13 Å². The van der Waals surface area contributed by atoms with Crippen molar-refractivity contribution in [1.29, 1.82) is 0 Å². The molecule has 0 amide bonds. The molecule has 0 aliphatic rings. The van der Waals surface area contributed by atoms with Crippen LogP contribution in [0.2, 0.25) is 0 Å². The topological polar surface area (TPSA) is 69.9 Å². The van der Waals surface area contributed by atoms with Gasteiger partial charge in [0.15, 0.2) is 5.82 Å². The first-order chi connectivity index (χ1) is 9.54. The molecule has 0 atom stereocenters. The fraction of sp³-hybridized carbons (Fsp3) is 0.231. The van der Waals surface area contributed by atoms with Crippen molar-refractivity contribution in [3.05, 3.63) is 34.4 Å². The number of halogens is 1. The number of ether oxygens (including phenoxy) is 1. The molecule has 2 aromatic heterocycles. The van der Waals surface area contributed by atoms with Gasteiger partial charge in [-0.2, -0.15) is 0 Å². The van der Waals surface area contributed by atoms with Crippen molar-refractivity contribution in [2.24, 2.45) is 0 Å². The molecule has 0 aromatic carbocycles. The Balaban J connectivity index is 2.10. The second-order valence-electron chi connectivity index (χ2n) is 4.24. The van der Waals surface area contributed by atoms with Gasteiger partial charge in [0.2, 0.25) is 0 Å². The van der Waals surface area contributed by atoms with Gasteiger partial charge in [0, 0.05) is 33.8 Å². The average Bonchev–Trinajstić information content (AvgIpc) is 2.84. The van der Waals surface area contributed by atoms with Gasteiger partial charge in [0.25, 0.3) is 0 Å². The predicted molar refractivity (Wildman–Crippen MR) is 82.5 cm³/mol. The van der Waals surface area contributed by atoms with E-state index in [0.29, 0.717) is 5.82 Å². The van der Waals surface area contributed by atoms with Gasteiger partial charge >= 0.3 is 5.97 Å². The van der Waals surface area contributed by atoms with Crippen molar-refractivity contribution in [1.82, 2.24) is 19.7 Å². The molecule has 104 valence electrons. The van der Waals surface area contributed by atoms with Gasteiger partial charge in [-0.1, -0.05) is 0 Å². The van der Waals surface area contributed by atoms with Crippen molar-refractivity contribution in [2.45, 2.75) is 20.0 Å². The number of pyridine rings is 1. The summed E-state index contributed by atoms with van der Waals surface area (Å²) in [6.45, 7) is 3.59. The Bertz CT molecular complexity index is 637. The van der Waals surface area contributed by atoms with E-state index in [9.17, 15) is 4.79 Å². The summed E-state index contributed by atoms with van der Waals surface area (Å²) in [6.07, 6.45) is 7.64. The molecular formula is C13H13IN4O2. The van der Waals surface area contributed by atoms with Crippen molar-refractivity contribution in [3.63, 3.8) is 0 Å². The predicted octanol–water partition coefficient (Wildman–Crippen LogP) is 2.37. The van der Waals surface area contributed by atoms with Crippen LogP contribution in [0.25, 0.3) is 17.6 Å². The minimum Gasteiger partial charge on any atom is -0.460 e. The fourth-order valence-corrected chi connectivity index (χ4v) is 1.92. The average molecular weight is 384 g/mol. The van der Waals surface area contributed by atoms with Crippen LogP contribution >= 0.6 is 22.6 Å². The Morgan fingerprint density at radius 2 is 2.25 bits per heavy atom. The third kappa shape index (κ3) is 4.12. The molecule has 0 aliphatic carbocycles. The zero-order valence-corrected chi connectivity index (χ0v) is 13.2. The maximum Gasteiger partial charge on any atom is 0.332 e. The monoisotopic (exact) mass is 384 g/mol. The zero-order valence-electron chi connectivity index (χ0n) is 11.0. The number of carbonyl (C=O) groups excluding carboxylic acids is 1. The fourth-order valence-electron chi connectivity index (χ4n) is 1.42. The summed E-state index contributed by atoms with van der Waals surface area (Å²) in [7, 11) is 0. The lowest BCUT2D eigenvalue weighted by Crippen LogP contribution is -2.08. The summed E-state index contributed by atoms with van der Waals surface area (Å²) < 4.78 is 7.44. The second-order valence-corrected chi connectivity index (χ2v) is 5.49. The Labute approximate surface area is 130 Å². The van der Waals surface area contributed by atoms with Crippen LogP contribution in [0.5, 0.6) is 0 Å². The van der Waals surface area contributed by atoms with Crippen LogP contribution < -0.4 is 0 Å². The quantitative estimate of drug-likeness (QED) is 0.460. The van der Waals surface area contributed by atoms with Crippen molar-refractivity contribution in [3.8, 4) is 11.4 Å². The SMILES string of the molecule is CC(C)OC(=O)/C=C\n1cnc(-c2cncc(I)c2)n1. The van der Waals surface area contributed by atoms with E-state index >= 15 is 0 Å². The smallest absolute Gasteiger partial charge is 0.332 e. The Morgan fingerprint density at radius 3 is 2.95 bits per heavy atom. The van der Waals surface area contributed by atoms with E-state index in [-0.39, 0.29) is 6.10 Å². The Hall–Kier alpha value is -1.77. The maximum atomic E-state index is 11.4. The lowest BCUT2D eigenvalue weighted by molar-refractivity contribution is -0.141. The molecule has 0 radical (unpaired) electrons. The molecule has 0 aliphatic heterocycles. The van der Waals surface area contributed by atoms with E-state index in [1.54, 1.807) is 26.2 Å². The second kappa shape index (κ2) is 6.60. The van der Waals surface area contributed by atoms with E-state index in [1.807, 2.05) is 6.07 Å². The number of rotatable bonds is 4. The van der Waals surface area contributed by atoms with Crippen LogP contribution in [-0.2, 0) is 9.53 Å². The van der Waals surface area contributed by atoms with Crippen LogP contribution in [0.15, 0.2) is 30.9 Å². The van der Waals surface area contributed by atoms with Crippen molar-refractivity contribution >= 4 is 34.8 Å². The molecular weight excluding hydrogens is 371 g/mol. The first-order valence-corrected chi connectivity index (χ1v) is 7.03. The molecule has 2 aromatic rings. The molecule has 20 heavy (non-hydrogen) atoms. The molecule has 6 nitrogen and oxygen atoms in total.